The number of hydrogen-bond donors (Lipinski definition) is 0. The fourth-order valence-electron chi connectivity index (χ4n) is 3.45. The molecule has 41 heavy (non-hydrogen) atoms. The third-order valence-corrected chi connectivity index (χ3v) is 6.15. The molecule has 15 heteroatoms. The Morgan fingerprint density at radius 3 is 1.61 bits per heavy atom. The van der Waals surface area contributed by atoms with Crippen LogP contribution in [0.5, 0.6) is 0 Å². The molecule has 1 heterocycles. The minimum atomic E-state index is -2.69. The molecule has 0 amide bonds. The van der Waals surface area contributed by atoms with E-state index >= 15 is 0 Å². The molecular weight excluding hydrogens is 568 g/mol. The van der Waals surface area contributed by atoms with E-state index in [1.54, 1.807) is 20.8 Å². The van der Waals surface area contributed by atoms with Gasteiger partial charge in [-0.2, -0.15) is 0 Å². The molecule has 0 radical (unpaired) electrons. The van der Waals surface area contributed by atoms with Gasteiger partial charge in [0.2, 0.25) is 0 Å². The van der Waals surface area contributed by atoms with Crippen LogP contribution in [0.15, 0.2) is 11.0 Å². The Morgan fingerprint density at radius 1 is 0.707 bits per heavy atom. The van der Waals surface area contributed by atoms with Gasteiger partial charge in [-0.25, -0.2) is 9.59 Å². The summed E-state index contributed by atoms with van der Waals surface area (Å²) < 4.78 is 51.4. The maximum absolute atomic E-state index is 14.0. The van der Waals surface area contributed by atoms with Crippen molar-refractivity contribution < 1.29 is 66.1 Å². The molecule has 0 aromatic carbocycles. The van der Waals surface area contributed by atoms with Gasteiger partial charge in [-0.15, -0.1) is 0 Å². The van der Waals surface area contributed by atoms with Crippen LogP contribution in [0.3, 0.4) is 0 Å². The summed E-state index contributed by atoms with van der Waals surface area (Å²) in [5.41, 5.74) is -3.89. The molecule has 0 aromatic heterocycles. The van der Waals surface area contributed by atoms with Gasteiger partial charge in [0.1, 0.15) is 28.8 Å². The van der Waals surface area contributed by atoms with Crippen LogP contribution in [0.4, 0.5) is 0 Å². The molecule has 1 aliphatic heterocycles. The molecule has 232 valence electrons. The van der Waals surface area contributed by atoms with Gasteiger partial charge in [-0.3, -0.25) is 23.4 Å². The van der Waals surface area contributed by atoms with Crippen molar-refractivity contribution in [1.82, 2.24) is 0 Å². The molecule has 1 unspecified atom stereocenters. The van der Waals surface area contributed by atoms with Crippen LogP contribution in [0.1, 0.15) is 69.2 Å². The highest BCUT2D eigenvalue weighted by Crippen LogP contribution is 2.33. The molecule has 1 rings (SSSR count). The average Bonchev–Trinajstić information content (AvgIpc) is 2.75. The average molecular weight is 607 g/mol. The lowest BCUT2D eigenvalue weighted by Crippen LogP contribution is -2.63. The highest BCUT2D eigenvalue weighted by atomic mass is 32.2. The van der Waals surface area contributed by atoms with Gasteiger partial charge in [0.05, 0.1) is 10.8 Å². The lowest BCUT2D eigenvalue weighted by molar-refractivity contribution is -0.238. The molecule has 14 nitrogen and oxygen atoms in total. The Bertz CT molecular complexity index is 1080. The summed E-state index contributed by atoms with van der Waals surface area (Å²) >= 11 is 0. The van der Waals surface area contributed by atoms with Crippen molar-refractivity contribution in [3.8, 4) is 0 Å². The van der Waals surface area contributed by atoms with Crippen molar-refractivity contribution in [2.75, 3.05) is 6.61 Å². The number of carbonyl (C=O) groups excluding carboxylic acids is 6. The van der Waals surface area contributed by atoms with Gasteiger partial charge >= 0.3 is 35.8 Å². The SMILES string of the molecule is CC(=O)OC[C@H]1O[C@H](S(=O)/C(=C/C(=O)OC(C)(C)C)C(=O)OC(C)(C)C)[C@H](OC(C)=O)[C@@H](OC(C)=O)[C@@H]1OC(C)=O. The quantitative estimate of drug-likeness (QED) is 0.208. The molecule has 1 saturated heterocycles. The van der Waals surface area contributed by atoms with Crippen LogP contribution in [0.2, 0.25) is 0 Å². The number of rotatable bonds is 9. The summed E-state index contributed by atoms with van der Waals surface area (Å²) in [6.07, 6.45) is -5.64. The molecule has 0 bridgehead atoms. The standard InChI is InChI=1S/C26H38O14S/c1-13(27)34-12-17-20(35-14(2)28)21(36-15(3)29)22(37-16(4)30)24(38-17)41(33)18(23(32)40-26(8,9)10)11-19(31)39-25(5,6)7/h11,17,20-22,24H,12H2,1-10H3/b18-11+/t17-,20-,21+,22-,24-,41?/m1/s1. The molecule has 1 aliphatic rings. The van der Waals surface area contributed by atoms with E-state index in [4.69, 9.17) is 33.2 Å². The zero-order valence-electron chi connectivity index (χ0n) is 24.8. The molecule has 0 aromatic rings. The summed E-state index contributed by atoms with van der Waals surface area (Å²) in [4.78, 5) is 72.7. The first-order chi connectivity index (χ1) is 18.6. The fourth-order valence-corrected chi connectivity index (χ4v) is 4.82. The molecular formula is C26H38O14S. The number of carbonyl (C=O) groups is 6. The second-order valence-corrected chi connectivity index (χ2v) is 12.4. The van der Waals surface area contributed by atoms with Gasteiger partial charge in [0.15, 0.2) is 23.7 Å². The van der Waals surface area contributed by atoms with Crippen LogP contribution in [0.25, 0.3) is 0 Å². The van der Waals surface area contributed by atoms with E-state index < -0.39 is 99.2 Å². The van der Waals surface area contributed by atoms with Crippen LogP contribution < -0.4 is 0 Å². The van der Waals surface area contributed by atoms with E-state index in [-0.39, 0.29) is 0 Å². The third-order valence-electron chi connectivity index (χ3n) is 4.63. The molecule has 0 aliphatic carbocycles. The van der Waals surface area contributed by atoms with Crippen molar-refractivity contribution in [3.63, 3.8) is 0 Å². The predicted octanol–water partition coefficient (Wildman–Crippen LogP) is 1.39. The summed E-state index contributed by atoms with van der Waals surface area (Å²) in [5, 5.41) is 0. The van der Waals surface area contributed by atoms with Gasteiger partial charge < -0.3 is 33.2 Å². The van der Waals surface area contributed by atoms with Crippen LogP contribution in [0, 0.1) is 0 Å². The van der Waals surface area contributed by atoms with Crippen molar-refractivity contribution in [2.45, 2.75) is 110 Å². The minimum absolute atomic E-state index is 0.580. The van der Waals surface area contributed by atoms with Gasteiger partial charge in [0.25, 0.3) is 0 Å². The normalized spacial score (nSPS) is 23.9. The summed E-state index contributed by atoms with van der Waals surface area (Å²) in [6, 6.07) is 0. The largest absolute Gasteiger partial charge is 0.463 e. The van der Waals surface area contributed by atoms with Crippen molar-refractivity contribution >= 4 is 46.6 Å². The summed E-state index contributed by atoms with van der Waals surface area (Å²) in [5.74, 6) is -5.68. The number of esters is 6. The zero-order valence-corrected chi connectivity index (χ0v) is 25.6. The number of hydrogen-bond acceptors (Lipinski definition) is 14. The Balaban J connectivity index is 3.80. The summed E-state index contributed by atoms with van der Waals surface area (Å²) in [6.45, 7) is 12.9. The lowest BCUT2D eigenvalue weighted by Gasteiger charge is -2.44. The second kappa shape index (κ2) is 14.5. The van der Waals surface area contributed by atoms with Gasteiger partial charge in [-0.1, -0.05) is 0 Å². The fraction of sp³-hybridized carbons (Fsp3) is 0.692. The predicted molar refractivity (Wildman–Crippen MR) is 140 cm³/mol. The monoisotopic (exact) mass is 606 g/mol. The first kappa shape index (κ1) is 35.7. The Labute approximate surface area is 240 Å². The topological polar surface area (TPSA) is 184 Å². The van der Waals surface area contributed by atoms with E-state index in [2.05, 4.69) is 0 Å². The number of ether oxygens (including phenoxy) is 7. The Morgan fingerprint density at radius 2 is 1.17 bits per heavy atom. The van der Waals surface area contributed by atoms with Crippen molar-refractivity contribution in [2.24, 2.45) is 0 Å². The molecule has 0 spiro atoms. The Hall–Kier alpha value is -3.33. The molecule has 0 N–H and O–H groups in total. The van der Waals surface area contributed by atoms with Crippen LogP contribution in [-0.2, 0) is 72.7 Å². The second-order valence-electron chi connectivity index (χ2n) is 10.9. The van der Waals surface area contributed by atoms with E-state index in [0.29, 0.717) is 6.08 Å². The van der Waals surface area contributed by atoms with E-state index in [1.807, 2.05) is 0 Å². The third kappa shape index (κ3) is 12.4. The van der Waals surface area contributed by atoms with Crippen molar-refractivity contribution in [1.29, 1.82) is 0 Å². The molecule has 6 atom stereocenters. The van der Waals surface area contributed by atoms with Gasteiger partial charge in [0, 0.05) is 33.8 Å². The summed E-state index contributed by atoms with van der Waals surface area (Å²) in [7, 11) is -2.69. The first-order valence-electron chi connectivity index (χ1n) is 12.5. The van der Waals surface area contributed by atoms with E-state index in [1.165, 1.54) is 20.8 Å². The highest BCUT2D eigenvalue weighted by molar-refractivity contribution is 7.90. The first-order valence-corrected chi connectivity index (χ1v) is 13.7. The van der Waals surface area contributed by atoms with Crippen molar-refractivity contribution in [3.05, 3.63) is 11.0 Å². The zero-order chi connectivity index (χ0) is 31.9. The molecule has 1 fully saturated rings. The van der Waals surface area contributed by atoms with E-state index in [0.717, 1.165) is 27.7 Å². The Kier molecular flexibility index (Phi) is 12.6. The maximum atomic E-state index is 14.0. The molecule has 0 saturated carbocycles. The smallest absolute Gasteiger partial charge is 0.348 e. The highest BCUT2D eigenvalue weighted by Gasteiger charge is 2.55. The van der Waals surface area contributed by atoms with Gasteiger partial charge in [-0.05, 0) is 41.5 Å². The van der Waals surface area contributed by atoms with E-state index in [9.17, 15) is 33.0 Å². The van der Waals surface area contributed by atoms with Crippen LogP contribution >= 0.6 is 0 Å². The lowest BCUT2D eigenvalue weighted by atomic mass is 9.99. The maximum Gasteiger partial charge on any atom is 0.348 e. The minimum Gasteiger partial charge on any atom is -0.463 e. The van der Waals surface area contributed by atoms with Crippen LogP contribution in [-0.4, -0.2) is 87.7 Å².